The Kier molecular flexibility index (Phi) is 2.56. The molecule has 2 N–H and O–H groups in total. The molecule has 0 spiro atoms. The molecule has 0 amide bonds. The Hall–Kier alpha value is -1.21. The van der Waals surface area contributed by atoms with E-state index in [0.29, 0.717) is 4.47 Å². The molecule has 0 aliphatic rings. The van der Waals surface area contributed by atoms with Gasteiger partial charge in [0.1, 0.15) is 6.20 Å². The molecule has 7 heteroatoms. The SMILES string of the molecule is O=[N+]([O-])c1cncc(Br)c1NO. The molecule has 1 aromatic rings. The Balaban J connectivity index is 3.27. The zero-order valence-corrected chi connectivity index (χ0v) is 7.28. The van der Waals surface area contributed by atoms with Crippen molar-refractivity contribution in [3.63, 3.8) is 0 Å². The van der Waals surface area contributed by atoms with Crippen molar-refractivity contribution < 1.29 is 10.1 Å². The van der Waals surface area contributed by atoms with Crippen molar-refractivity contribution >= 4 is 27.3 Å². The number of rotatable bonds is 2. The number of anilines is 1. The number of halogens is 1. The third-order valence-corrected chi connectivity index (χ3v) is 1.79. The first-order valence-corrected chi connectivity index (χ1v) is 3.64. The number of nitrogens with zero attached hydrogens (tertiary/aromatic N) is 2. The Morgan fingerprint density at radius 1 is 1.67 bits per heavy atom. The molecule has 0 saturated carbocycles. The average molecular weight is 234 g/mol. The van der Waals surface area contributed by atoms with Crippen molar-refractivity contribution in [2.45, 2.75) is 0 Å². The first-order chi connectivity index (χ1) is 5.66. The topological polar surface area (TPSA) is 88.3 Å². The van der Waals surface area contributed by atoms with Gasteiger partial charge in [0.05, 0.1) is 9.40 Å². The van der Waals surface area contributed by atoms with Gasteiger partial charge in [0.25, 0.3) is 0 Å². The highest BCUT2D eigenvalue weighted by Crippen LogP contribution is 2.29. The highest BCUT2D eigenvalue weighted by Gasteiger charge is 2.15. The molecule has 12 heavy (non-hydrogen) atoms. The Labute approximate surface area is 75.5 Å². The van der Waals surface area contributed by atoms with Gasteiger partial charge < -0.3 is 0 Å². The van der Waals surface area contributed by atoms with Crippen LogP contribution in [0.5, 0.6) is 0 Å². The maximum absolute atomic E-state index is 10.3. The van der Waals surface area contributed by atoms with E-state index in [1.165, 1.54) is 6.20 Å². The van der Waals surface area contributed by atoms with Crippen molar-refractivity contribution in [2.75, 3.05) is 5.48 Å². The Bertz CT molecular complexity index is 317. The average Bonchev–Trinajstić information content (AvgIpc) is 2.03. The van der Waals surface area contributed by atoms with Crippen molar-refractivity contribution in [3.05, 3.63) is 27.0 Å². The maximum Gasteiger partial charge on any atom is 0.313 e. The molecule has 1 heterocycles. The lowest BCUT2D eigenvalue weighted by atomic mass is 10.4. The zero-order valence-electron chi connectivity index (χ0n) is 5.69. The minimum Gasteiger partial charge on any atom is -0.291 e. The molecular weight excluding hydrogens is 230 g/mol. The maximum atomic E-state index is 10.3. The van der Waals surface area contributed by atoms with Crippen LogP contribution >= 0.6 is 15.9 Å². The number of pyridine rings is 1. The van der Waals surface area contributed by atoms with E-state index in [1.807, 2.05) is 0 Å². The molecule has 0 bridgehead atoms. The molecule has 1 aromatic heterocycles. The normalized spacial score (nSPS) is 9.50. The lowest BCUT2D eigenvalue weighted by Gasteiger charge is -2.01. The third-order valence-electron chi connectivity index (χ3n) is 1.19. The van der Waals surface area contributed by atoms with Gasteiger partial charge in [-0.15, -0.1) is 0 Å². The summed E-state index contributed by atoms with van der Waals surface area (Å²) in [5.74, 6) is 0. The van der Waals surface area contributed by atoms with Crippen LogP contribution in [-0.4, -0.2) is 15.1 Å². The number of nitrogens with one attached hydrogen (secondary N) is 1. The van der Waals surface area contributed by atoms with Gasteiger partial charge in [0.15, 0.2) is 5.69 Å². The predicted octanol–water partition coefficient (Wildman–Crippen LogP) is 1.55. The van der Waals surface area contributed by atoms with Gasteiger partial charge in [-0.3, -0.25) is 25.8 Å². The van der Waals surface area contributed by atoms with Gasteiger partial charge in [-0.25, -0.2) is 0 Å². The Morgan fingerprint density at radius 3 is 2.75 bits per heavy atom. The zero-order chi connectivity index (χ0) is 9.14. The summed E-state index contributed by atoms with van der Waals surface area (Å²) in [6.45, 7) is 0. The van der Waals surface area contributed by atoms with E-state index in [4.69, 9.17) is 5.21 Å². The Morgan fingerprint density at radius 2 is 2.33 bits per heavy atom. The van der Waals surface area contributed by atoms with E-state index in [-0.39, 0.29) is 11.4 Å². The molecular formula is C5H4BrN3O3. The number of aromatic nitrogens is 1. The smallest absolute Gasteiger partial charge is 0.291 e. The molecule has 64 valence electrons. The molecule has 0 atom stereocenters. The molecule has 1 rings (SSSR count). The molecule has 0 fully saturated rings. The molecule has 0 unspecified atom stereocenters. The number of hydrogen-bond donors (Lipinski definition) is 2. The first-order valence-electron chi connectivity index (χ1n) is 2.85. The van der Waals surface area contributed by atoms with E-state index in [0.717, 1.165) is 6.20 Å². The summed E-state index contributed by atoms with van der Waals surface area (Å²) in [6.07, 6.45) is 2.38. The van der Waals surface area contributed by atoms with Gasteiger partial charge in [0.2, 0.25) is 0 Å². The summed E-state index contributed by atoms with van der Waals surface area (Å²) in [6, 6.07) is 0. The van der Waals surface area contributed by atoms with Gasteiger partial charge >= 0.3 is 5.69 Å². The van der Waals surface area contributed by atoms with E-state index in [1.54, 1.807) is 5.48 Å². The van der Waals surface area contributed by atoms with Crippen molar-refractivity contribution in [1.29, 1.82) is 0 Å². The van der Waals surface area contributed by atoms with E-state index in [9.17, 15) is 10.1 Å². The van der Waals surface area contributed by atoms with Crippen molar-refractivity contribution in [2.24, 2.45) is 0 Å². The summed E-state index contributed by atoms with van der Waals surface area (Å²) in [7, 11) is 0. The summed E-state index contributed by atoms with van der Waals surface area (Å²) in [5, 5.41) is 18.9. The van der Waals surface area contributed by atoms with Gasteiger partial charge in [-0.05, 0) is 15.9 Å². The summed E-state index contributed by atoms with van der Waals surface area (Å²) < 4.78 is 0.333. The second-order valence-electron chi connectivity index (χ2n) is 1.88. The molecule has 6 nitrogen and oxygen atoms in total. The molecule has 0 aromatic carbocycles. The van der Waals surface area contributed by atoms with E-state index >= 15 is 0 Å². The number of hydrogen-bond acceptors (Lipinski definition) is 5. The van der Waals surface area contributed by atoms with Crippen LogP contribution in [0, 0.1) is 10.1 Å². The van der Waals surface area contributed by atoms with Crippen molar-refractivity contribution in [1.82, 2.24) is 4.98 Å². The number of nitro groups is 1. The monoisotopic (exact) mass is 233 g/mol. The first kappa shape index (κ1) is 8.88. The van der Waals surface area contributed by atoms with Crippen LogP contribution in [0.25, 0.3) is 0 Å². The summed E-state index contributed by atoms with van der Waals surface area (Å²) >= 11 is 2.99. The van der Waals surface area contributed by atoms with Gasteiger partial charge in [-0.2, -0.15) is 0 Å². The molecule has 0 saturated heterocycles. The van der Waals surface area contributed by atoms with Crippen LogP contribution < -0.4 is 5.48 Å². The minimum atomic E-state index is -0.643. The van der Waals surface area contributed by atoms with Crippen LogP contribution in [0.3, 0.4) is 0 Å². The fourth-order valence-electron chi connectivity index (χ4n) is 0.674. The van der Waals surface area contributed by atoms with E-state index in [2.05, 4.69) is 20.9 Å². The standard InChI is InChI=1S/C5H4BrN3O3/c6-3-1-7-2-4(9(11)12)5(3)8-10/h1-2,10H,(H,7,8). The fraction of sp³-hybridized carbons (Fsp3) is 0. The molecule has 0 aliphatic heterocycles. The summed E-state index contributed by atoms with van der Waals surface area (Å²) in [5.41, 5.74) is 1.43. The van der Waals surface area contributed by atoms with Crippen molar-refractivity contribution in [3.8, 4) is 0 Å². The predicted molar refractivity (Wildman–Crippen MR) is 44.0 cm³/mol. The summed E-state index contributed by atoms with van der Waals surface area (Å²) in [4.78, 5) is 13.3. The molecule has 0 radical (unpaired) electrons. The van der Waals surface area contributed by atoms with Crippen LogP contribution in [0.4, 0.5) is 11.4 Å². The van der Waals surface area contributed by atoms with Crippen LogP contribution in [-0.2, 0) is 0 Å². The second-order valence-corrected chi connectivity index (χ2v) is 2.74. The van der Waals surface area contributed by atoms with Gasteiger partial charge in [-0.1, -0.05) is 0 Å². The second kappa shape index (κ2) is 3.46. The lowest BCUT2D eigenvalue weighted by molar-refractivity contribution is -0.384. The van der Waals surface area contributed by atoms with E-state index < -0.39 is 4.92 Å². The highest BCUT2D eigenvalue weighted by molar-refractivity contribution is 9.10. The quantitative estimate of drug-likeness (QED) is 0.598. The third kappa shape index (κ3) is 1.51. The van der Waals surface area contributed by atoms with Crippen LogP contribution in [0.15, 0.2) is 16.9 Å². The molecule has 0 aliphatic carbocycles. The fourth-order valence-corrected chi connectivity index (χ4v) is 1.08. The highest BCUT2D eigenvalue weighted by atomic mass is 79.9. The van der Waals surface area contributed by atoms with Gasteiger partial charge in [0, 0.05) is 6.20 Å². The largest absolute Gasteiger partial charge is 0.313 e. The minimum absolute atomic E-state index is 0.00463. The van der Waals surface area contributed by atoms with Crippen LogP contribution in [0.2, 0.25) is 0 Å². The van der Waals surface area contributed by atoms with Crippen LogP contribution in [0.1, 0.15) is 0 Å². The lowest BCUT2D eigenvalue weighted by Crippen LogP contribution is -1.98.